The second kappa shape index (κ2) is 5.66. The molecule has 0 bridgehead atoms. The molecule has 1 rings (SSSR count). The summed E-state index contributed by atoms with van der Waals surface area (Å²) in [4.78, 5) is 0. The highest BCUT2D eigenvalue weighted by Gasteiger charge is 2.07. The van der Waals surface area contributed by atoms with Crippen LogP contribution in [-0.2, 0) is 0 Å². The molecule has 14 heavy (non-hydrogen) atoms. The van der Waals surface area contributed by atoms with Crippen molar-refractivity contribution in [2.45, 2.75) is 19.4 Å². The first kappa shape index (κ1) is 11.1. The SMILES string of the molecule is CC#CCC(NN)c1cccc(Cl)c1. The van der Waals surface area contributed by atoms with E-state index in [4.69, 9.17) is 17.4 Å². The summed E-state index contributed by atoms with van der Waals surface area (Å²) in [5, 5.41) is 0.715. The molecule has 0 saturated heterocycles. The minimum atomic E-state index is 0.0427. The smallest absolute Gasteiger partial charge is 0.0569 e. The highest BCUT2D eigenvalue weighted by molar-refractivity contribution is 6.30. The van der Waals surface area contributed by atoms with E-state index in [0.29, 0.717) is 11.4 Å². The second-order valence-electron chi connectivity index (χ2n) is 2.91. The number of halogens is 1. The van der Waals surface area contributed by atoms with Crippen LogP contribution in [0.5, 0.6) is 0 Å². The Balaban J connectivity index is 2.81. The summed E-state index contributed by atoms with van der Waals surface area (Å²) in [5.74, 6) is 11.3. The molecule has 1 unspecified atom stereocenters. The Labute approximate surface area is 89.4 Å². The highest BCUT2D eigenvalue weighted by atomic mass is 35.5. The molecule has 0 saturated carbocycles. The van der Waals surface area contributed by atoms with E-state index in [9.17, 15) is 0 Å². The lowest BCUT2D eigenvalue weighted by molar-refractivity contribution is 0.568. The van der Waals surface area contributed by atoms with Crippen molar-refractivity contribution in [3.8, 4) is 11.8 Å². The Hall–Kier alpha value is -1.01. The van der Waals surface area contributed by atoms with Gasteiger partial charge in [0.2, 0.25) is 0 Å². The maximum atomic E-state index is 5.88. The lowest BCUT2D eigenvalue weighted by atomic mass is 10.1. The standard InChI is InChI=1S/C11H13ClN2/c1-2-3-7-11(14-13)9-5-4-6-10(12)8-9/h4-6,8,11,14H,7,13H2,1H3. The predicted octanol–water partition coefficient (Wildman–Crippen LogP) is 2.26. The third-order valence-electron chi connectivity index (χ3n) is 1.94. The van der Waals surface area contributed by atoms with Gasteiger partial charge in [0.1, 0.15) is 0 Å². The molecule has 0 aliphatic heterocycles. The molecule has 1 aromatic rings. The van der Waals surface area contributed by atoms with E-state index >= 15 is 0 Å². The molecule has 1 atom stereocenters. The van der Waals surface area contributed by atoms with Crippen LogP contribution in [0.4, 0.5) is 0 Å². The molecule has 0 spiro atoms. The number of nitrogens with one attached hydrogen (secondary N) is 1. The van der Waals surface area contributed by atoms with Gasteiger partial charge in [-0.2, -0.15) is 0 Å². The van der Waals surface area contributed by atoms with Gasteiger partial charge >= 0.3 is 0 Å². The third-order valence-corrected chi connectivity index (χ3v) is 2.17. The van der Waals surface area contributed by atoms with Crippen LogP contribution in [0.2, 0.25) is 5.02 Å². The molecule has 2 nitrogen and oxygen atoms in total. The van der Waals surface area contributed by atoms with Gasteiger partial charge < -0.3 is 0 Å². The van der Waals surface area contributed by atoms with Crippen molar-refractivity contribution < 1.29 is 0 Å². The van der Waals surface area contributed by atoms with Gasteiger partial charge in [-0.3, -0.25) is 11.3 Å². The van der Waals surface area contributed by atoms with E-state index in [-0.39, 0.29) is 6.04 Å². The van der Waals surface area contributed by atoms with Crippen molar-refractivity contribution in [1.29, 1.82) is 0 Å². The first-order valence-electron chi connectivity index (χ1n) is 4.39. The van der Waals surface area contributed by atoms with Crippen LogP contribution in [0.1, 0.15) is 24.9 Å². The summed E-state index contributed by atoms with van der Waals surface area (Å²) >= 11 is 5.88. The zero-order valence-electron chi connectivity index (χ0n) is 8.05. The molecule has 0 aliphatic rings. The van der Waals surface area contributed by atoms with Crippen molar-refractivity contribution in [2.75, 3.05) is 0 Å². The molecule has 1 aromatic carbocycles. The van der Waals surface area contributed by atoms with Gasteiger partial charge in [-0.1, -0.05) is 23.7 Å². The molecule has 0 amide bonds. The Morgan fingerprint density at radius 2 is 2.36 bits per heavy atom. The van der Waals surface area contributed by atoms with Crippen LogP contribution in [0.25, 0.3) is 0 Å². The molecule has 0 aliphatic carbocycles. The zero-order valence-corrected chi connectivity index (χ0v) is 8.81. The Bertz CT molecular complexity index is 352. The van der Waals surface area contributed by atoms with Gasteiger partial charge in [0.25, 0.3) is 0 Å². The normalized spacial score (nSPS) is 11.6. The predicted molar refractivity (Wildman–Crippen MR) is 59.6 cm³/mol. The van der Waals surface area contributed by atoms with Gasteiger partial charge in [0.05, 0.1) is 6.04 Å². The number of hydrogen-bond acceptors (Lipinski definition) is 2. The molecular weight excluding hydrogens is 196 g/mol. The number of nitrogens with two attached hydrogens (primary N) is 1. The van der Waals surface area contributed by atoms with Gasteiger partial charge in [-0.25, -0.2) is 0 Å². The molecule has 0 fully saturated rings. The molecule has 3 heteroatoms. The van der Waals surface area contributed by atoms with Crippen LogP contribution in [-0.4, -0.2) is 0 Å². The van der Waals surface area contributed by atoms with E-state index in [1.54, 1.807) is 0 Å². The Kier molecular flexibility index (Phi) is 4.48. The Morgan fingerprint density at radius 3 is 2.93 bits per heavy atom. The largest absolute Gasteiger partial charge is 0.271 e. The maximum Gasteiger partial charge on any atom is 0.0569 e. The fourth-order valence-corrected chi connectivity index (χ4v) is 1.40. The number of rotatable bonds is 3. The van der Waals surface area contributed by atoms with Gasteiger partial charge in [0.15, 0.2) is 0 Å². The van der Waals surface area contributed by atoms with Crippen LogP contribution < -0.4 is 11.3 Å². The number of benzene rings is 1. The van der Waals surface area contributed by atoms with Gasteiger partial charge in [0, 0.05) is 11.4 Å². The first-order chi connectivity index (χ1) is 6.77. The van der Waals surface area contributed by atoms with Crippen molar-refractivity contribution in [3.63, 3.8) is 0 Å². The topological polar surface area (TPSA) is 38.0 Å². The summed E-state index contributed by atoms with van der Waals surface area (Å²) in [5.41, 5.74) is 3.78. The first-order valence-corrected chi connectivity index (χ1v) is 4.77. The fraction of sp³-hybridized carbons (Fsp3) is 0.273. The average Bonchev–Trinajstić information content (AvgIpc) is 2.19. The summed E-state index contributed by atoms with van der Waals surface area (Å²) in [7, 11) is 0. The lowest BCUT2D eigenvalue weighted by Gasteiger charge is -2.13. The van der Waals surface area contributed by atoms with E-state index in [1.807, 2.05) is 31.2 Å². The summed E-state index contributed by atoms with van der Waals surface area (Å²) in [6, 6.07) is 7.66. The average molecular weight is 209 g/mol. The number of hydrazine groups is 1. The van der Waals surface area contributed by atoms with E-state index in [1.165, 1.54) is 0 Å². The molecule has 74 valence electrons. The fourth-order valence-electron chi connectivity index (χ4n) is 1.20. The second-order valence-corrected chi connectivity index (χ2v) is 3.34. The monoisotopic (exact) mass is 208 g/mol. The van der Waals surface area contributed by atoms with Crippen molar-refractivity contribution >= 4 is 11.6 Å². The molecular formula is C11H13ClN2. The zero-order chi connectivity index (χ0) is 10.4. The van der Waals surface area contributed by atoms with Crippen molar-refractivity contribution in [3.05, 3.63) is 34.9 Å². The van der Waals surface area contributed by atoms with Crippen LogP contribution >= 0.6 is 11.6 Å². The van der Waals surface area contributed by atoms with Crippen LogP contribution in [0, 0.1) is 11.8 Å². The van der Waals surface area contributed by atoms with Crippen LogP contribution in [0.3, 0.4) is 0 Å². The van der Waals surface area contributed by atoms with E-state index < -0.39 is 0 Å². The summed E-state index contributed by atoms with van der Waals surface area (Å²) < 4.78 is 0. The van der Waals surface area contributed by atoms with Crippen LogP contribution in [0.15, 0.2) is 24.3 Å². The van der Waals surface area contributed by atoms with E-state index in [2.05, 4.69) is 17.3 Å². The lowest BCUT2D eigenvalue weighted by Crippen LogP contribution is -2.27. The van der Waals surface area contributed by atoms with Gasteiger partial charge in [-0.15, -0.1) is 11.8 Å². The summed E-state index contributed by atoms with van der Waals surface area (Å²) in [6.45, 7) is 1.81. The third kappa shape index (κ3) is 3.04. The maximum absolute atomic E-state index is 5.88. The number of hydrogen-bond donors (Lipinski definition) is 2. The quantitative estimate of drug-likeness (QED) is 0.454. The van der Waals surface area contributed by atoms with Crippen molar-refractivity contribution in [2.24, 2.45) is 5.84 Å². The summed E-state index contributed by atoms with van der Waals surface area (Å²) in [6.07, 6.45) is 0.688. The highest BCUT2D eigenvalue weighted by Crippen LogP contribution is 2.19. The minimum Gasteiger partial charge on any atom is -0.271 e. The van der Waals surface area contributed by atoms with Gasteiger partial charge in [-0.05, 0) is 24.6 Å². The molecule has 0 heterocycles. The molecule has 0 radical (unpaired) electrons. The molecule has 3 N–H and O–H groups in total. The Morgan fingerprint density at radius 1 is 1.57 bits per heavy atom. The van der Waals surface area contributed by atoms with Crippen molar-refractivity contribution in [1.82, 2.24) is 5.43 Å². The van der Waals surface area contributed by atoms with E-state index in [0.717, 1.165) is 5.56 Å². The minimum absolute atomic E-state index is 0.0427. The molecule has 0 aromatic heterocycles.